The van der Waals surface area contributed by atoms with E-state index in [2.05, 4.69) is 28.2 Å². The van der Waals surface area contributed by atoms with Gasteiger partial charge in [-0.05, 0) is 37.1 Å². The van der Waals surface area contributed by atoms with Gasteiger partial charge in [0.05, 0.1) is 12.7 Å². The highest BCUT2D eigenvalue weighted by Crippen LogP contribution is 2.22. The van der Waals surface area contributed by atoms with Crippen LogP contribution >= 0.6 is 15.9 Å². The van der Waals surface area contributed by atoms with Crippen LogP contribution in [0.5, 0.6) is 5.75 Å². The van der Waals surface area contributed by atoms with Gasteiger partial charge in [-0.25, -0.2) is 0 Å². The van der Waals surface area contributed by atoms with Gasteiger partial charge in [0.1, 0.15) is 5.75 Å². The lowest BCUT2D eigenvalue weighted by molar-refractivity contribution is 0.0498. The molecule has 0 aliphatic rings. The smallest absolute Gasteiger partial charge is 0.119 e. The third kappa shape index (κ3) is 4.96. The Morgan fingerprint density at radius 1 is 1.44 bits per heavy atom. The first-order chi connectivity index (χ1) is 8.48. The number of halogens is 1. The average Bonchev–Trinajstić information content (AvgIpc) is 2.31. The summed E-state index contributed by atoms with van der Waals surface area (Å²) in [6.45, 7) is 5.24. The van der Waals surface area contributed by atoms with Crippen LogP contribution in [0.1, 0.15) is 32.3 Å². The van der Waals surface area contributed by atoms with Gasteiger partial charge in [-0.15, -0.1) is 0 Å². The highest BCUT2D eigenvalue weighted by Gasteiger charge is 2.18. The third-order valence-corrected chi connectivity index (χ3v) is 3.64. The zero-order chi connectivity index (χ0) is 13.6. The maximum Gasteiger partial charge on any atom is 0.119 e. The van der Waals surface area contributed by atoms with Crippen molar-refractivity contribution in [3.05, 3.63) is 28.2 Å². The molecule has 1 atom stereocenters. The molecule has 0 saturated carbocycles. The number of nitrogens with one attached hydrogen (secondary N) is 1. The van der Waals surface area contributed by atoms with E-state index in [0.29, 0.717) is 13.1 Å². The fourth-order valence-corrected chi connectivity index (χ4v) is 2.29. The summed E-state index contributed by atoms with van der Waals surface area (Å²) in [6.07, 6.45) is 1.79. The number of hydrogen-bond acceptors (Lipinski definition) is 3. The summed E-state index contributed by atoms with van der Waals surface area (Å²) in [7, 11) is 1.66. The van der Waals surface area contributed by atoms with Crippen LogP contribution in [-0.4, -0.2) is 24.4 Å². The van der Waals surface area contributed by atoms with Crippen LogP contribution in [0.15, 0.2) is 22.7 Å². The van der Waals surface area contributed by atoms with Crippen molar-refractivity contribution in [2.45, 2.75) is 38.8 Å². The van der Waals surface area contributed by atoms with Gasteiger partial charge < -0.3 is 15.2 Å². The van der Waals surface area contributed by atoms with Gasteiger partial charge in [0, 0.05) is 17.6 Å². The van der Waals surface area contributed by atoms with E-state index in [4.69, 9.17) is 4.74 Å². The highest BCUT2D eigenvalue weighted by molar-refractivity contribution is 9.10. The van der Waals surface area contributed by atoms with Crippen LogP contribution in [0.25, 0.3) is 0 Å². The molecule has 1 aromatic carbocycles. The molecular weight excluding hydrogens is 294 g/mol. The Morgan fingerprint density at radius 3 is 2.78 bits per heavy atom. The highest BCUT2D eigenvalue weighted by atomic mass is 79.9. The average molecular weight is 316 g/mol. The van der Waals surface area contributed by atoms with Crippen molar-refractivity contribution in [2.24, 2.45) is 0 Å². The normalized spacial score (nSPS) is 14.3. The second-order valence-corrected chi connectivity index (χ2v) is 5.66. The van der Waals surface area contributed by atoms with Crippen LogP contribution < -0.4 is 10.1 Å². The zero-order valence-electron chi connectivity index (χ0n) is 11.3. The number of benzene rings is 1. The molecule has 0 spiro atoms. The lowest BCUT2D eigenvalue weighted by Gasteiger charge is -2.23. The molecular formula is C14H22BrNO2. The van der Waals surface area contributed by atoms with Gasteiger partial charge in [0.15, 0.2) is 0 Å². The maximum atomic E-state index is 10.1. The second kappa shape index (κ2) is 7.12. The summed E-state index contributed by atoms with van der Waals surface area (Å²) in [4.78, 5) is 0. The van der Waals surface area contributed by atoms with Crippen molar-refractivity contribution in [1.82, 2.24) is 5.32 Å². The largest absolute Gasteiger partial charge is 0.497 e. The zero-order valence-corrected chi connectivity index (χ0v) is 12.9. The molecule has 4 heteroatoms. The van der Waals surface area contributed by atoms with Crippen molar-refractivity contribution in [1.29, 1.82) is 0 Å². The lowest BCUT2D eigenvalue weighted by Crippen LogP contribution is -2.37. The maximum absolute atomic E-state index is 10.1. The third-order valence-electron chi connectivity index (χ3n) is 2.86. The molecule has 0 aliphatic carbocycles. The van der Waals surface area contributed by atoms with Gasteiger partial charge in [-0.1, -0.05) is 29.3 Å². The summed E-state index contributed by atoms with van der Waals surface area (Å²) in [5.41, 5.74) is 0.488. The quantitative estimate of drug-likeness (QED) is 0.812. The lowest BCUT2D eigenvalue weighted by atomic mass is 10.0. The minimum Gasteiger partial charge on any atom is -0.497 e. The molecule has 0 radical (unpaired) electrons. The molecule has 1 unspecified atom stereocenters. The number of ether oxygens (including phenoxy) is 1. The summed E-state index contributed by atoms with van der Waals surface area (Å²) in [5.74, 6) is 0.843. The molecule has 102 valence electrons. The Morgan fingerprint density at radius 2 is 2.17 bits per heavy atom. The van der Waals surface area contributed by atoms with Crippen LogP contribution in [0, 0.1) is 0 Å². The monoisotopic (exact) mass is 315 g/mol. The minimum absolute atomic E-state index is 0.588. The second-order valence-electron chi connectivity index (χ2n) is 4.81. The Kier molecular flexibility index (Phi) is 6.12. The summed E-state index contributed by atoms with van der Waals surface area (Å²) in [5, 5.41) is 13.3. The van der Waals surface area contributed by atoms with Gasteiger partial charge in [-0.2, -0.15) is 0 Å². The molecule has 0 saturated heterocycles. The van der Waals surface area contributed by atoms with E-state index in [1.54, 1.807) is 7.11 Å². The van der Waals surface area contributed by atoms with E-state index in [-0.39, 0.29) is 0 Å². The van der Waals surface area contributed by atoms with E-state index in [1.807, 2.05) is 25.1 Å². The number of methoxy groups -OCH3 is 1. The first-order valence-corrected chi connectivity index (χ1v) is 7.03. The standard InChI is InChI=1S/C14H22BrNO2/c1-4-7-14(2,17)10-16-9-11-8-12(18-3)5-6-13(11)15/h5-6,8,16-17H,4,7,9-10H2,1-3H3. The minimum atomic E-state index is -0.639. The van der Waals surface area contributed by atoms with E-state index in [0.717, 1.165) is 28.6 Å². The summed E-state index contributed by atoms with van der Waals surface area (Å²) >= 11 is 3.51. The molecule has 0 fully saturated rings. The molecule has 0 amide bonds. The number of aliphatic hydroxyl groups is 1. The Bertz CT molecular complexity index is 380. The molecule has 1 rings (SSSR count). The van der Waals surface area contributed by atoms with Crippen LogP contribution in [0.2, 0.25) is 0 Å². The first kappa shape index (κ1) is 15.5. The van der Waals surface area contributed by atoms with E-state index in [1.165, 1.54) is 0 Å². The predicted octanol–water partition coefficient (Wildman–Crippen LogP) is 3.10. The summed E-state index contributed by atoms with van der Waals surface area (Å²) < 4.78 is 6.24. The SMILES string of the molecule is CCCC(C)(O)CNCc1cc(OC)ccc1Br. The topological polar surface area (TPSA) is 41.5 Å². The van der Waals surface area contributed by atoms with Gasteiger partial charge in [0.25, 0.3) is 0 Å². The molecule has 2 N–H and O–H groups in total. The van der Waals surface area contributed by atoms with Gasteiger partial charge in [0.2, 0.25) is 0 Å². The van der Waals surface area contributed by atoms with Crippen LogP contribution in [-0.2, 0) is 6.54 Å². The summed E-state index contributed by atoms with van der Waals surface area (Å²) in [6, 6.07) is 5.88. The van der Waals surface area contributed by atoms with Crippen molar-refractivity contribution < 1.29 is 9.84 Å². The van der Waals surface area contributed by atoms with Crippen LogP contribution in [0.4, 0.5) is 0 Å². The van der Waals surface area contributed by atoms with E-state index in [9.17, 15) is 5.11 Å². The predicted molar refractivity (Wildman–Crippen MR) is 77.9 cm³/mol. The van der Waals surface area contributed by atoms with Gasteiger partial charge >= 0.3 is 0 Å². The van der Waals surface area contributed by atoms with Crippen LogP contribution in [0.3, 0.4) is 0 Å². The fourth-order valence-electron chi connectivity index (χ4n) is 1.91. The Hall–Kier alpha value is -0.580. The molecule has 0 aromatic heterocycles. The molecule has 0 aliphatic heterocycles. The van der Waals surface area contributed by atoms with Crippen molar-refractivity contribution in [2.75, 3.05) is 13.7 Å². The molecule has 1 aromatic rings. The number of rotatable bonds is 7. The van der Waals surface area contributed by atoms with Crippen molar-refractivity contribution in [3.63, 3.8) is 0 Å². The van der Waals surface area contributed by atoms with Gasteiger partial charge in [-0.3, -0.25) is 0 Å². The Balaban J connectivity index is 2.53. The first-order valence-electron chi connectivity index (χ1n) is 6.24. The van der Waals surface area contributed by atoms with E-state index < -0.39 is 5.60 Å². The molecule has 18 heavy (non-hydrogen) atoms. The van der Waals surface area contributed by atoms with Crippen molar-refractivity contribution in [3.8, 4) is 5.75 Å². The molecule has 0 heterocycles. The van der Waals surface area contributed by atoms with E-state index >= 15 is 0 Å². The molecule has 0 bridgehead atoms. The fraction of sp³-hybridized carbons (Fsp3) is 0.571. The molecule has 3 nitrogen and oxygen atoms in total. The van der Waals surface area contributed by atoms with Crippen molar-refractivity contribution >= 4 is 15.9 Å². The Labute approximate surface area is 118 Å². The number of hydrogen-bond donors (Lipinski definition) is 2.